The monoisotopic (exact) mass is 605 g/mol. The molecule has 0 aliphatic carbocycles. The van der Waals surface area contributed by atoms with Gasteiger partial charge in [-0.25, -0.2) is 0 Å². The van der Waals surface area contributed by atoms with E-state index >= 15 is 0 Å². The number of hydrogen-bond acceptors (Lipinski definition) is 2. The standard InChI is InChI=1S/C35H39Cl2N2OP/c36-24-27-39(28-25-37)31-22-20-30(21-23-31)12-10-19-35(40)38-26-11-29-41(32-13-4-1-5-14-32,33-15-6-2-7-16-33)34-17-8-3-9-18-34/h1-9,13-18,20-23H,10-12,19,24-29H2/p+1. The number of aryl methyl sites for hydroxylation is 1. The zero-order chi connectivity index (χ0) is 28.8. The summed E-state index contributed by atoms with van der Waals surface area (Å²) in [5.41, 5.74) is 2.37. The molecule has 0 aliphatic heterocycles. The summed E-state index contributed by atoms with van der Waals surface area (Å²) < 4.78 is 0. The second kappa shape index (κ2) is 16.6. The lowest BCUT2D eigenvalue weighted by molar-refractivity contribution is -0.121. The fourth-order valence-electron chi connectivity index (χ4n) is 5.41. The third-order valence-corrected chi connectivity index (χ3v) is 12.3. The Morgan fingerprint density at radius 2 is 1.15 bits per heavy atom. The van der Waals surface area contributed by atoms with E-state index in [-0.39, 0.29) is 5.91 Å². The van der Waals surface area contributed by atoms with Crippen LogP contribution in [0, 0.1) is 0 Å². The molecule has 0 aromatic heterocycles. The number of hydrogen-bond donors (Lipinski definition) is 1. The molecule has 0 unspecified atom stereocenters. The summed E-state index contributed by atoms with van der Waals surface area (Å²) in [5.74, 6) is 1.27. The van der Waals surface area contributed by atoms with Crippen molar-refractivity contribution in [3.63, 3.8) is 0 Å². The maximum absolute atomic E-state index is 12.7. The highest BCUT2D eigenvalue weighted by atomic mass is 35.5. The largest absolute Gasteiger partial charge is 0.369 e. The summed E-state index contributed by atoms with van der Waals surface area (Å²) in [5, 5.41) is 7.33. The highest BCUT2D eigenvalue weighted by Crippen LogP contribution is 2.55. The molecule has 1 amide bonds. The van der Waals surface area contributed by atoms with Crippen molar-refractivity contribution < 1.29 is 4.79 Å². The smallest absolute Gasteiger partial charge is 0.220 e. The molecular formula is C35H40Cl2N2OP+. The molecule has 4 aromatic rings. The van der Waals surface area contributed by atoms with Crippen LogP contribution in [0.3, 0.4) is 0 Å². The van der Waals surface area contributed by atoms with Gasteiger partial charge in [0, 0.05) is 43.5 Å². The van der Waals surface area contributed by atoms with E-state index in [9.17, 15) is 4.79 Å². The van der Waals surface area contributed by atoms with Crippen LogP contribution in [0.5, 0.6) is 0 Å². The Labute approximate surface area is 256 Å². The number of amides is 1. The number of benzene rings is 4. The molecule has 0 saturated heterocycles. The average molecular weight is 607 g/mol. The summed E-state index contributed by atoms with van der Waals surface area (Å²) in [6.45, 7) is 2.23. The molecule has 1 N–H and O–H groups in total. The summed E-state index contributed by atoms with van der Waals surface area (Å²) in [6, 6.07) is 41.2. The maximum atomic E-state index is 12.7. The number of nitrogens with one attached hydrogen (secondary N) is 1. The number of rotatable bonds is 16. The highest BCUT2D eigenvalue weighted by molar-refractivity contribution is 7.95. The Morgan fingerprint density at radius 1 is 0.659 bits per heavy atom. The number of halogens is 2. The Balaban J connectivity index is 1.33. The van der Waals surface area contributed by atoms with Crippen molar-refractivity contribution in [3.05, 3.63) is 121 Å². The third-order valence-electron chi connectivity index (χ3n) is 7.46. The van der Waals surface area contributed by atoms with Gasteiger partial charge in [-0.15, -0.1) is 23.2 Å². The van der Waals surface area contributed by atoms with Crippen molar-refractivity contribution in [2.45, 2.75) is 25.7 Å². The van der Waals surface area contributed by atoms with Gasteiger partial charge in [0.1, 0.15) is 23.2 Å². The van der Waals surface area contributed by atoms with E-state index in [1.807, 2.05) is 0 Å². The van der Waals surface area contributed by atoms with Crippen LogP contribution in [0.25, 0.3) is 0 Å². The molecule has 0 radical (unpaired) electrons. The van der Waals surface area contributed by atoms with E-state index < -0.39 is 7.26 Å². The normalized spacial score (nSPS) is 11.3. The van der Waals surface area contributed by atoms with Gasteiger partial charge >= 0.3 is 0 Å². The van der Waals surface area contributed by atoms with Gasteiger partial charge in [0.25, 0.3) is 0 Å². The van der Waals surface area contributed by atoms with Crippen LogP contribution in [0.15, 0.2) is 115 Å². The quantitative estimate of drug-likeness (QED) is 0.0866. The topological polar surface area (TPSA) is 32.3 Å². The Bertz CT molecular complexity index is 1200. The number of carbonyl (C=O) groups excluding carboxylic acids is 1. The molecule has 4 aromatic carbocycles. The van der Waals surface area contributed by atoms with E-state index in [4.69, 9.17) is 23.2 Å². The van der Waals surface area contributed by atoms with Crippen LogP contribution in [0.2, 0.25) is 0 Å². The van der Waals surface area contributed by atoms with E-state index in [0.717, 1.165) is 44.2 Å². The SMILES string of the molecule is O=C(CCCc1ccc(N(CCCl)CCCl)cc1)NCCC[P+](c1ccccc1)(c1ccccc1)c1ccccc1. The molecule has 0 heterocycles. The summed E-state index contributed by atoms with van der Waals surface area (Å²) >= 11 is 11.9. The first-order valence-electron chi connectivity index (χ1n) is 14.4. The van der Waals surface area contributed by atoms with Gasteiger partial charge < -0.3 is 10.2 Å². The molecule has 0 spiro atoms. The molecule has 4 rings (SSSR count). The lowest BCUT2D eigenvalue weighted by Gasteiger charge is -2.27. The predicted octanol–water partition coefficient (Wildman–Crippen LogP) is 6.79. The molecule has 214 valence electrons. The molecule has 0 fully saturated rings. The van der Waals surface area contributed by atoms with E-state index in [2.05, 4.69) is 125 Å². The number of nitrogens with zero attached hydrogens (tertiary/aromatic N) is 1. The second-order valence-corrected chi connectivity index (χ2v) is 14.5. The van der Waals surface area contributed by atoms with Crippen molar-refractivity contribution in [2.75, 3.05) is 42.5 Å². The molecule has 41 heavy (non-hydrogen) atoms. The average Bonchev–Trinajstić information content (AvgIpc) is 3.03. The highest BCUT2D eigenvalue weighted by Gasteiger charge is 2.44. The van der Waals surface area contributed by atoms with Crippen molar-refractivity contribution in [1.82, 2.24) is 5.32 Å². The van der Waals surface area contributed by atoms with Crippen molar-refractivity contribution in [1.29, 1.82) is 0 Å². The van der Waals surface area contributed by atoms with E-state index in [1.165, 1.54) is 21.5 Å². The molecule has 0 atom stereocenters. The van der Waals surface area contributed by atoms with Gasteiger partial charge in [0.15, 0.2) is 0 Å². The van der Waals surface area contributed by atoms with Crippen LogP contribution < -0.4 is 26.1 Å². The Hall–Kier alpha value is -2.84. The fourth-order valence-corrected chi connectivity index (χ4v) is 10.2. The van der Waals surface area contributed by atoms with Gasteiger partial charge in [-0.05, 0) is 73.4 Å². The van der Waals surface area contributed by atoms with Crippen LogP contribution in [0.4, 0.5) is 5.69 Å². The second-order valence-electron chi connectivity index (χ2n) is 10.1. The zero-order valence-electron chi connectivity index (χ0n) is 23.6. The fraction of sp³-hybridized carbons (Fsp3) is 0.286. The van der Waals surface area contributed by atoms with Gasteiger partial charge in [0.05, 0.1) is 6.16 Å². The summed E-state index contributed by atoms with van der Waals surface area (Å²) in [6.07, 6.45) is 4.15. The third kappa shape index (κ3) is 8.58. The lowest BCUT2D eigenvalue weighted by atomic mass is 10.1. The minimum absolute atomic E-state index is 0.125. The molecule has 0 saturated carbocycles. The molecular weight excluding hydrogens is 566 g/mol. The van der Waals surface area contributed by atoms with Gasteiger partial charge in [-0.1, -0.05) is 66.7 Å². The molecule has 0 aliphatic rings. The summed E-state index contributed by atoms with van der Waals surface area (Å²) in [7, 11) is -1.86. The van der Waals surface area contributed by atoms with Crippen molar-refractivity contribution in [2.24, 2.45) is 0 Å². The van der Waals surface area contributed by atoms with Crippen LogP contribution in [-0.2, 0) is 11.2 Å². The first-order chi connectivity index (χ1) is 20.2. The first kappa shape index (κ1) is 31.1. The number of carbonyl (C=O) groups is 1. The van der Waals surface area contributed by atoms with E-state index in [0.29, 0.717) is 24.7 Å². The zero-order valence-corrected chi connectivity index (χ0v) is 26.0. The molecule has 6 heteroatoms. The maximum Gasteiger partial charge on any atom is 0.220 e. The number of alkyl halides is 2. The van der Waals surface area contributed by atoms with Crippen molar-refractivity contribution in [3.8, 4) is 0 Å². The predicted molar refractivity (Wildman–Crippen MR) is 181 cm³/mol. The Kier molecular flexibility index (Phi) is 12.6. The first-order valence-corrected chi connectivity index (χ1v) is 17.5. The van der Waals surface area contributed by atoms with Crippen molar-refractivity contribution >= 4 is 58.0 Å². The summed E-state index contributed by atoms with van der Waals surface area (Å²) in [4.78, 5) is 14.9. The lowest BCUT2D eigenvalue weighted by Crippen LogP contribution is -2.34. The molecule has 3 nitrogen and oxygen atoms in total. The molecule has 0 bridgehead atoms. The van der Waals surface area contributed by atoms with Crippen LogP contribution in [-0.4, -0.2) is 43.5 Å². The van der Waals surface area contributed by atoms with Gasteiger partial charge in [-0.3, -0.25) is 4.79 Å². The van der Waals surface area contributed by atoms with E-state index in [1.54, 1.807) is 0 Å². The Morgan fingerprint density at radius 3 is 1.61 bits per heavy atom. The van der Waals surface area contributed by atoms with Gasteiger partial charge in [-0.2, -0.15) is 0 Å². The minimum atomic E-state index is -1.86. The number of anilines is 1. The van der Waals surface area contributed by atoms with Crippen LogP contribution >= 0.6 is 30.5 Å². The van der Waals surface area contributed by atoms with Crippen LogP contribution in [0.1, 0.15) is 24.8 Å². The van der Waals surface area contributed by atoms with Gasteiger partial charge in [0.2, 0.25) is 5.91 Å². The minimum Gasteiger partial charge on any atom is -0.369 e.